The number of fused-ring (bicyclic) bond motifs is 2. The standard InChI is InChI=1S/C19H15N5S2/c1-25-19-22-16-4-3-13(10-17(16)26-19)9-14-12-23-8-5-15(11-18(23)21-14)24-7-2-6-20-24/h2-8,10-12H,9H2,1H3. The zero-order valence-electron chi connectivity index (χ0n) is 14.0. The molecule has 0 spiro atoms. The van der Waals surface area contributed by atoms with E-state index >= 15 is 0 Å². The lowest BCUT2D eigenvalue weighted by atomic mass is 10.1. The number of imidazole rings is 1. The lowest BCUT2D eigenvalue weighted by Crippen LogP contribution is -1.95. The lowest BCUT2D eigenvalue weighted by Gasteiger charge is -2.00. The minimum Gasteiger partial charge on any atom is -0.307 e. The van der Waals surface area contributed by atoms with Crippen LogP contribution >= 0.6 is 23.1 Å². The fourth-order valence-corrected chi connectivity index (χ4v) is 4.58. The number of benzene rings is 1. The van der Waals surface area contributed by atoms with E-state index in [0.29, 0.717) is 0 Å². The van der Waals surface area contributed by atoms with Crippen LogP contribution < -0.4 is 0 Å². The highest BCUT2D eigenvalue weighted by Crippen LogP contribution is 2.29. The number of thiazole rings is 1. The summed E-state index contributed by atoms with van der Waals surface area (Å²) in [6.45, 7) is 0. The molecule has 0 fully saturated rings. The summed E-state index contributed by atoms with van der Waals surface area (Å²) in [4.78, 5) is 9.39. The highest BCUT2D eigenvalue weighted by molar-refractivity contribution is 8.00. The predicted octanol–water partition coefficient (Wildman–Crippen LogP) is 4.44. The van der Waals surface area contributed by atoms with Crippen LogP contribution in [0.4, 0.5) is 0 Å². The second kappa shape index (κ2) is 6.26. The Kier molecular flexibility index (Phi) is 3.76. The Morgan fingerprint density at radius 1 is 1.12 bits per heavy atom. The highest BCUT2D eigenvalue weighted by atomic mass is 32.2. The molecule has 5 rings (SSSR count). The van der Waals surface area contributed by atoms with E-state index in [2.05, 4.69) is 45.1 Å². The molecule has 4 heterocycles. The van der Waals surface area contributed by atoms with Gasteiger partial charge < -0.3 is 4.40 Å². The molecule has 0 bridgehead atoms. The molecular formula is C19H15N5S2. The van der Waals surface area contributed by atoms with Crippen molar-refractivity contribution in [2.24, 2.45) is 0 Å². The maximum absolute atomic E-state index is 4.79. The van der Waals surface area contributed by atoms with E-state index in [9.17, 15) is 0 Å². The molecule has 0 unspecified atom stereocenters. The summed E-state index contributed by atoms with van der Waals surface area (Å²) in [5.41, 5.74) is 5.31. The molecule has 0 aliphatic rings. The normalized spacial score (nSPS) is 11.6. The van der Waals surface area contributed by atoms with E-state index in [1.165, 1.54) is 10.3 Å². The van der Waals surface area contributed by atoms with E-state index in [4.69, 9.17) is 4.98 Å². The molecule has 0 radical (unpaired) electrons. The lowest BCUT2D eigenvalue weighted by molar-refractivity contribution is 0.877. The van der Waals surface area contributed by atoms with Gasteiger partial charge in [0.15, 0.2) is 4.34 Å². The number of hydrogen-bond donors (Lipinski definition) is 0. The fraction of sp³-hybridized carbons (Fsp3) is 0.105. The van der Waals surface area contributed by atoms with Gasteiger partial charge in [0, 0.05) is 37.3 Å². The summed E-state index contributed by atoms with van der Waals surface area (Å²) in [5.74, 6) is 0. The molecule has 0 aliphatic heterocycles. The molecule has 5 nitrogen and oxygen atoms in total. The van der Waals surface area contributed by atoms with Crippen LogP contribution in [0.1, 0.15) is 11.3 Å². The number of aromatic nitrogens is 5. The third kappa shape index (κ3) is 2.79. The number of thioether (sulfide) groups is 1. The van der Waals surface area contributed by atoms with E-state index in [-0.39, 0.29) is 0 Å². The molecule has 128 valence electrons. The first kappa shape index (κ1) is 15.6. The van der Waals surface area contributed by atoms with Crippen molar-refractivity contribution in [3.63, 3.8) is 0 Å². The van der Waals surface area contributed by atoms with Crippen LogP contribution in [-0.2, 0) is 6.42 Å². The topological polar surface area (TPSA) is 48.0 Å². The van der Waals surface area contributed by atoms with E-state index in [1.54, 1.807) is 29.3 Å². The summed E-state index contributed by atoms with van der Waals surface area (Å²) in [7, 11) is 0. The van der Waals surface area contributed by atoms with Gasteiger partial charge in [-0.3, -0.25) is 0 Å². The van der Waals surface area contributed by atoms with Crippen LogP contribution in [0, 0.1) is 0 Å². The van der Waals surface area contributed by atoms with Crippen LogP contribution in [0.25, 0.3) is 21.6 Å². The Bertz CT molecular complexity index is 1200. The van der Waals surface area contributed by atoms with E-state index < -0.39 is 0 Å². The van der Waals surface area contributed by atoms with Crippen molar-refractivity contribution in [2.45, 2.75) is 10.8 Å². The SMILES string of the molecule is CSc1nc2ccc(Cc3cn4ccc(-n5cccn5)cc4n3)cc2s1. The van der Waals surface area contributed by atoms with Gasteiger partial charge in [-0.05, 0) is 36.1 Å². The Morgan fingerprint density at radius 2 is 2.08 bits per heavy atom. The molecule has 26 heavy (non-hydrogen) atoms. The van der Waals surface area contributed by atoms with Crippen molar-refractivity contribution in [3.8, 4) is 5.69 Å². The first-order valence-electron chi connectivity index (χ1n) is 8.19. The summed E-state index contributed by atoms with van der Waals surface area (Å²) < 4.78 is 6.24. The van der Waals surface area contributed by atoms with Crippen LogP contribution in [0.5, 0.6) is 0 Å². The minimum absolute atomic E-state index is 0.807. The van der Waals surface area contributed by atoms with Crippen LogP contribution in [-0.4, -0.2) is 30.4 Å². The van der Waals surface area contributed by atoms with Crippen molar-refractivity contribution in [3.05, 3.63) is 72.4 Å². The molecule has 0 saturated heterocycles. The average molecular weight is 377 g/mol. The number of pyridine rings is 1. The third-order valence-electron chi connectivity index (χ3n) is 4.26. The smallest absolute Gasteiger partial charge is 0.150 e. The maximum atomic E-state index is 4.79. The Hall–Kier alpha value is -2.64. The second-order valence-corrected chi connectivity index (χ2v) is 8.08. The van der Waals surface area contributed by atoms with Crippen LogP contribution in [0.15, 0.2) is 65.5 Å². The first-order valence-corrected chi connectivity index (χ1v) is 10.2. The Morgan fingerprint density at radius 3 is 2.92 bits per heavy atom. The molecule has 0 aliphatic carbocycles. The molecule has 4 aromatic heterocycles. The number of hydrogen-bond acceptors (Lipinski definition) is 5. The molecule has 1 aromatic carbocycles. The number of rotatable bonds is 4. The molecular weight excluding hydrogens is 362 g/mol. The van der Waals surface area contributed by atoms with Crippen molar-refractivity contribution in [1.82, 2.24) is 24.1 Å². The van der Waals surface area contributed by atoms with Crippen molar-refractivity contribution in [1.29, 1.82) is 0 Å². The largest absolute Gasteiger partial charge is 0.307 e. The maximum Gasteiger partial charge on any atom is 0.150 e. The van der Waals surface area contributed by atoms with Gasteiger partial charge in [0.05, 0.1) is 21.6 Å². The van der Waals surface area contributed by atoms with Gasteiger partial charge in [-0.1, -0.05) is 17.8 Å². The van der Waals surface area contributed by atoms with Crippen LogP contribution in [0.3, 0.4) is 0 Å². The molecule has 0 atom stereocenters. The monoisotopic (exact) mass is 377 g/mol. The summed E-state index contributed by atoms with van der Waals surface area (Å²) in [6.07, 6.45) is 10.7. The quantitative estimate of drug-likeness (QED) is 0.434. The van der Waals surface area contributed by atoms with Crippen molar-refractivity contribution in [2.75, 3.05) is 6.26 Å². The minimum atomic E-state index is 0.807. The van der Waals surface area contributed by atoms with Gasteiger partial charge in [0.1, 0.15) is 5.65 Å². The predicted molar refractivity (Wildman–Crippen MR) is 107 cm³/mol. The van der Waals surface area contributed by atoms with E-state index in [1.807, 2.05) is 35.3 Å². The van der Waals surface area contributed by atoms with Crippen molar-refractivity contribution >= 4 is 39.0 Å². The summed E-state index contributed by atoms with van der Waals surface area (Å²) in [5, 5.41) is 4.28. The third-order valence-corrected chi connectivity index (χ3v) is 6.26. The average Bonchev–Trinajstić information content (AvgIpc) is 3.39. The van der Waals surface area contributed by atoms with Crippen LogP contribution in [0.2, 0.25) is 0 Å². The first-order chi connectivity index (χ1) is 12.8. The second-order valence-electron chi connectivity index (χ2n) is 6.00. The van der Waals surface area contributed by atoms with Crippen molar-refractivity contribution < 1.29 is 0 Å². The fourth-order valence-electron chi connectivity index (χ4n) is 3.03. The van der Waals surface area contributed by atoms with Gasteiger partial charge in [-0.2, -0.15) is 5.10 Å². The molecule has 0 saturated carbocycles. The van der Waals surface area contributed by atoms with Gasteiger partial charge in [-0.15, -0.1) is 11.3 Å². The molecule has 7 heteroatoms. The highest BCUT2D eigenvalue weighted by Gasteiger charge is 2.08. The molecule has 0 N–H and O–H groups in total. The Balaban J connectivity index is 1.47. The van der Waals surface area contributed by atoms with Gasteiger partial charge in [0.25, 0.3) is 0 Å². The Labute approximate surface area is 158 Å². The van der Waals surface area contributed by atoms with Gasteiger partial charge in [0.2, 0.25) is 0 Å². The van der Waals surface area contributed by atoms with E-state index in [0.717, 1.165) is 33.3 Å². The summed E-state index contributed by atoms with van der Waals surface area (Å²) in [6, 6.07) is 12.5. The van der Waals surface area contributed by atoms with Gasteiger partial charge >= 0.3 is 0 Å². The molecule has 5 aromatic rings. The molecule has 0 amide bonds. The number of nitrogens with zero attached hydrogens (tertiary/aromatic N) is 5. The zero-order valence-corrected chi connectivity index (χ0v) is 15.7. The zero-order chi connectivity index (χ0) is 17.5. The van der Waals surface area contributed by atoms with Gasteiger partial charge in [-0.25, -0.2) is 14.6 Å². The summed E-state index contributed by atoms with van der Waals surface area (Å²) >= 11 is 3.44.